The molecular weight excluding hydrogens is 282 g/mol. The van der Waals surface area contributed by atoms with Crippen LogP contribution in [0.4, 0.5) is 0 Å². The maximum absolute atomic E-state index is 12.8. The zero-order valence-corrected chi connectivity index (χ0v) is 13.4. The lowest BCUT2D eigenvalue weighted by molar-refractivity contribution is 0.0489. The summed E-state index contributed by atoms with van der Waals surface area (Å²) in [4.78, 5) is 14.7. The van der Waals surface area contributed by atoms with Gasteiger partial charge in [-0.05, 0) is 37.1 Å². The first kappa shape index (κ1) is 15.3. The lowest BCUT2D eigenvalue weighted by Gasteiger charge is -2.26. The molecule has 22 heavy (non-hydrogen) atoms. The Labute approximate surface area is 130 Å². The van der Waals surface area contributed by atoms with Crippen LogP contribution in [0.5, 0.6) is 5.75 Å². The van der Waals surface area contributed by atoms with Gasteiger partial charge < -0.3 is 19.5 Å². The van der Waals surface area contributed by atoms with Crippen molar-refractivity contribution < 1.29 is 19.4 Å². The summed E-state index contributed by atoms with van der Waals surface area (Å²) < 4.78 is 11.0. The number of phenolic OH excluding ortho intramolecular Hbond substituents is 1. The summed E-state index contributed by atoms with van der Waals surface area (Å²) >= 11 is 0. The number of carbonyl (C=O) groups is 1. The summed E-state index contributed by atoms with van der Waals surface area (Å²) in [6.07, 6.45) is 0. The van der Waals surface area contributed by atoms with Crippen molar-refractivity contribution in [3.63, 3.8) is 0 Å². The van der Waals surface area contributed by atoms with Crippen LogP contribution >= 0.6 is 0 Å². The molecule has 0 spiro atoms. The van der Waals surface area contributed by atoms with E-state index in [9.17, 15) is 9.90 Å². The van der Waals surface area contributed by atoms with Gasteiger partial charge in [0, 0.05) is 37.1 Å². The Bertz CT molecular complexity index is 577. The van der Waals surface area contributed by atoms with Crippen molar-refractivity contribution in [3.05, 3.63) is 28.8 Å². The normalized spacial score (nSPS) is 27.2. The molecule has 1 aromatic carbocycles. The molecule has 2 saturated heterocycles. The van der Waals surface area contributed by atoms with Crippen molar-refractivity contribution in [1.29, 1.82) is 0 Å². The number of fused-ring (bicyclic) bond motifs is 1. The van der Waals surface area contributed by atoms with E-state index in [0.29, 0.717) is 44.4 Å². The molecule has 120 valence electrons. The maximum atomic E-state index is 12.8. The molecule has 1 N–H and O–H groups in total. The number of aryl methyl sites for hydroxylation is 2. The smallest absolute Gasteiger partial charge is 0.253 e. The second-order valence-corrected chi connectivity index (χ2v) is 6.65. The van der Waals surface area contributed by atoms with Gasteiger partial charge in [0.2, 0.25) is 0 Å². The number of hydrogen-bond donors (Lipinski definition) is 1. The Balaban J connectivity index is 1.82. The van der Waals surface area contributed by atoms with E-state index in [1.807, 2.05) is 18.7 Å². The molecule has 2 heterocycles. The number of amides is 1. The highest BCUT2D eigenvalue weighted by molar-refractivity contribution is 5.95. The van der Waals surface area contributed by atoms with Crippen LogP contribution in [0.25, 0.3) is 0 Å². The number of nitrogens with zero attached hydrogens (tertiary/aromatic N) is 1. The maximum Gasteiger partial charge on any atom is 0.253 e. The number of hydrogen-bond acceptors (Lipinski definition) is 4. The van der Waals surface area contributed by atoms with Crippen LogP contribution in [0, 0.1) is 25.2 Å². The van der Waals surface area contributed by atoms with Gasteiger partial charge in [0.1, 0.15) is 5.75 Å². The van der Waals surface area contributed by atoms with Gasteiger partial charge in [0.15, 0.2) is 0 Å². The Morgan fingerprint density at radius 3 is 2.77 bits per heavy atom. The molecule has 2 fully saturated rings. The Hall–Kier alpha value is -1.59. The molecule has 0 aliphatic carbocycles. The SMILES string of the molecule is COC[C@@]12COC[C@@H]1CN(C(=O)c1cc(C)c(O)c(C)c1)C2. The van der Waals surface area contributed by atoms with Gasteiger partial charge in [-0.3, -0.25) is 4.79 Å². The second kappa shape index (κ2) is 5.56. The second-order valence-electron chi connectivity index (χ2n) is 6.65. The summed E-state index contributed by atoms with van der Waals surface area (Å²) in [5.74, 6) is 0.630. The molecule has 0 saturated carbocycles. The van der Waals surface area contributed by atoms with Crippen molar-refractivity contribution in [2.24, 2.45) is 11.3 Å². The standard InChI is InChI=1S/C17H23NO4/c1-11-4-13(5-12(2)15(11)19)16(20)18-6-14-7-22-10-17(14,8-18)9-21-3/h4-5,14,19H,6-10H2,1-3H3/t14-,17-/m0/s1. The van der Waals surface area contributed by atoms with Crippen LogP contribution in [0.2, 0.25) is 0 Å². The number of ether oxygens (including phenoxy) is 2. The van der Waals surface area contributed by atoms with E-state index in [0.717, 1.165) is 11.1 Å². The monoisotopic (exact) mass is 305 g/mol. The zero-order valence-electron chi connectivity index (χ0n) is 13.4. The number of likely N-dealkylation sites (tertiary alicyclic amines) is 1. The van der Waals surface area contributed by atoms with E-state index in [-0.39, 0.29) is 17.1 Å². The lowest BCUT2D eigenvalue weighted by atomic mass is 9.82. The minimum absolute atomic E-state index is 0.0241. The Kier molecular flexibility index (Phi) is 3.87. The number of carbonyl (C=O) groups excluding carboxylic acids is 1. The molecule has 2 atom stereocenters. The van der Waals surface area contributed by atoms with Gasteiger partial charge in [-0.1, -0.05) is 0 Å². The average molecular weight is 305 g/mol. The van der Waals surface area contributed by atoms with Crippen molar-refractivity contribution >= 4 is 5.91 Å². The minimum Gasteiger partial charge on any atom is -0.507 e. The van der Waals surface area contributed by atoms with Gasteiger partial charge in [-0.25, -0.2) is 0 Å². The molecule has 1 aromatic rings. The van der Waals surface area contributed by atoms with Crippen molar-refractivity contribution in [3.8, 4) is 5.75 Å². The quantitative estimate of drug-likeness (QED) is 0.924. The minimum atomic E-state index is -0.0641. The number of methoxy groups -OCH3 is 1. The first-order valence-electron chi connectivity index (χ1n) is 7.63. The van der Waals surface area contributed by atoms with Crippen LogP contribution in [0.3, 0.4) is 0 Å². The molecule has 5 heteroatoms. The summed E-state index contributed by atoms with van der Waals surface area (Å²) in [5, 5.41) is 9.86. The van der Waals surface area contributed by atoms with Crippen molar-refractivity contribution in [1.82, 2.24) is 4.90 Å². The number of rotatable bonds is 3. The van der Waals surface area contributed by atoms with Gasteiger partial charge in [-0.15, -0.1) is 0 Å². The number of aromatic hydroxyl groups is 1. The highest BCUT2D eigenvalue weighted by Gasteiger charge is 2.51. The fourth-order valence-electron chi connectivity index (χ4n) is 3.74. The highest BCUT2D eigenvalue weighted by atomic mass is 16.5. The molecule has 0 unspecified atom stereocenters. The van der Waals surface area contributed by atoms with Crippen LogP contribution in [-0.4, -0.2) is 55.9 Å². The van der Waals surface area contributed by atoms with E-state index in [1.54, 1.807) is 19.2 Å². The fourth-order valence-corrected chi connectivity index (χ4v) is 3.74. The first-order chi connectivity index (χ1) is 10.5. The molecule has 1 amide bonds. The zero-order chi connectivity index (χ0) is 15.9. The van der Waals surface area contributed by atoms with Crippen molar-refractivity contribution in [2.45, 2.75) is 13.8 Å². The predicted octanol–water partition coefficient (Wildman–Crippen LogP) is 1.74. The lowest BCUT2D eigenvalue weighted by Crippen LogP contribution is -2.37. The fraction of sp³-hybridized carbons (Fsp3) is 0.588. The van der Waals surface area contributed by atoms with Gasteiger partial charge >= 0.3 is 0 Å². The van der Waals surface area contributed by atoms with Gasteiger partial charge in [0.05, 0.1) is 19.8 Å². The molecule has 2 aliphatic rings. The summed E-state index contributed by atoms with van der Waals surface area (Å²) in [6.45, 7) is 6.99. The molecule has 5 nitrogen and oxygen atoms in total. The van der Waals surface area contributed by atoms with E-state index in [2.05, 4.69) is 0 Å². The third kappa shape index (κ3) is 2.38. The molecule has 0 radical (unpaired) electrons. The number of phenols is 1. The van der Waals surface area contributed by atoms with Crippen molar-refractivity contribution in [2.75, 3.05) is 40.0 Å². The molecule has 0 bridgehead atoms. The largest absolute Gasteiger partial charge is 0.507 e. The van der Waals surface area contributed by atoms with E-state index >= 15 is 0 Å². The Morgan fingerprint density at radius 1 is 1.45 bits per heavy atom. The van der Waals surface area contributed by atoms with Gasteiger partial charge in [0.25, 0.3) is 5.91 Å². The predicted molar refractivity (Wildman–Crippen MR) is 82.1 cm³/mol. The van der Waals surface area contributed by atoms with Crippen LogP contribution < -0.4 is 0 Å². The molecule has 3 rings (SSSR count). The van der Waals surface area contributed by atoms with Crippen LogP contribution in [0.15, 0.2) is 12.1 Å². The van der Waals surface area contributed by atoms with Crippen LogP contribution in [0.1, 0.15) is 21.5 Å². The first-order valence-corrected chi connectivity index (χ1v) is 7.63. The molecule has 0 aromatic heterocycles. The summed E-state index contributed by atoms with van der Waals surface area (Å²) in [6, 6.07) is 3.52. The average Bonchev–Trinajstić information content (AvgIpc) is 3.00. The summed E-state index contributed by atoms with van der Waals surface area (Å²) in [7, 11) is 1.70. The topological polar surface area (TPSA) is 59.0 Å². The third-order valence-electron chi connectivity index (χ3n) is 4.98. The number of benzene rings is 1. The van der Waals surface area contributed by atoms with Crippen LogP contribution in [-0.2, 0) is 9.47 Å². The van der Waals surface area contributed by atoms with E-state index in [4.69, 9.17) is 9.47 Å². The Morgan fingerprint density at radius 2 is 2.14 bits per heavy atom. The summed E-state index contributed by atoms with van der Waals surface area (Å²) in [5.41, 5.74) is 2.04. The third-order valence-corrected chi connectivity index (χ3v) is 4.98. The molecule has 2 aliphatic heterocycles. The molecular formula is C17H23NO4. The van der Waals surface area contributed by atoms with Gasteiger partial charge in [-0.2, -0.15) is 0 Å². The van der Waals surface area contributed by atoms with E-state index in [1.165, 1.54) is 0 Å². The highest BCUT2D eigenvalue weighted by Crippen LogP contribution is 2.42. The van der Waals surface area contributed by atoms with E-state index < -0.39 is 0 Å².